The number of hydrogen-bond acceptors (Lipinski definition) is 3. The zero-order valence-corrected chi connectivity index (χ0v) is 12.7. The molecule has 1 N–H and O–H groups in total. The van der Waals surface area contributed by atoms with Gasteiger partial charge in [-0.15, -0.1) is 0 Å². The van der Waals surface area contributed by atoms with Crippen molar-refractivity contribution in [3.8, 4) is 0 Å². The van der Waals surface area contributed by atoms with Crippen molar-refractivity contribution in [3.63, 3.8) is 0 Å². The molecule has 0 amide bonds. The number of benzene rings is 1. The van der Waals surface area contributed by atoms with Gasteiger partial charge in [0, 0.05) is 12.7 Å². The second kappa shape index (κ2) is 5.76. The fourth-order valence-electron chi connectivity index (χ4n) is 2.05. The molecule has 0 saturated heterocycles. The zero-order valence-electron chi connectivity index (χ0n) is 11.9. The molecule has 0 aliphatic heterocycles. The predicted molar refractivity (Wildman–Crippen MR) is 77.8 cm³/mol. The molecule has 0 bridgehead atoms. The average molecular weight is 293 g/mol. The van der Waals surface area contributed by atoms with Gasteiger partial charge in [0.15, 0.2) is 0 Å². The lowest BCUT2D eigenvalue weighted by Crippen LogP contribution is -2.28. The average Bonchev–Trinajstić information content (AvgIpc) is 2.87. The molecule has 2 aromatic rings. The summed E-state index contributed by atoms with van der Waals surface area (Å²) >= 11 is 0. The van der Waals surface area contributed by atoms with Gasteiger partial charge in [-0.3, -0.25) is 4.68 Å². The monoisotopic (exact) mass is 293 g/mol. The van der Waals surface area contributed by atoms with E-state index >= 15 is 0 Å². The van der Waals surface area contributed by atoms with Gasteiger partial charge in [0.05, 0.1) is 16.6 Å². The highest BCUT2D eigenvalue weighted by Gasteiger charge is 2.20. The Bertz CT molecular complexity index is 675. The molecule has 2 rings (SSSR count). The summed E-state index contributed by atoms with van der Waals surface area (Å²) < 4.78 is 29.1. The molecule has 0 saturated carbocycles. The summed E-state index contributed by atoms with van der Waals surface area (Å²) in [6, 6.07) is 8.30. The normalized spacial score (nSPS) is 13.3. The van der Waals surface area contributed by atoms with Gasteiger partial charge in [0.25, 0.3) is 0 Å². The summed E-state index contributed by atoms with van der Waals surface area (Å²) in [4.78, 5) is 0.275. The van der Waals surface area contributed by atoms with Crippen LogP contribution in [0.15, 0.2) is 41.4 Å². The van der Waals surface area contributed by atoms with Crippen LogP contribution in [0, 0.1) is 6.92 Å². The van der Waals surface area contributed by atoms with E-state index in [4.69, 9.17) is 0 Å². The maximum absolute atomic E-state index is 12.3. The summed E-state index contributed by atoms with van der Waals surface area (Å²) in [5.74, 6) is 0. The Kier molecular flexibility index (Phi) is 4.25. The molecule has 108 valence electrons. The van der Waals surface area contributed by atoms with Crippen LogP contribution in [0.3, 0.4) is 0 Å². The van der Waals surface area contributed by atoms with Gasteiger partial charge in [-0.25, -0.2) is 13.1 Å². The second-order valence-electron chi connectivity index (χ2n) is 4.73. The Balaban J connectivity index is 2.22. The zero-order chi connectivity index (χ0) is 14.8. The van der Waals surface area contributed by atoms with Gasteiger partial charge in [0.2, 0.25) is 10.0 Å². The number of nitrogens with zero attached hydrogens (tertiary/aromatic N) is 2. The molecule has 6 heteroatoms. The smallest absolute Gasteiger partial charge is 0.241 e. The van der Waals surface area contributed by atoms with Crippen LogP contribution in [-0.2, 0) is 16.6 Å². The van der Waals surface area contributed by atoms with Crippen molar-refractivity contribution in [1.29, 1.82) is 0 Å². The van der Waals surface area contributed by atoms with Crippen molar-refractivity contribution in [3.05, 3.63) is 47.8 Å². The molecule has 1 aromatic heterocycles. The van der Waals surface area contributed by atoms with Gasteiger partial charge in [0.1, 0.15) is 0 Å². The topological polar surface area (TPSA) is 64.0 Å². The largest absolute Gasteiger partial charge is 0.268 e. The molecular weight excluding hydrogens is 274 g/mol. The van der Waals surface area contributed by atoms with Crippen LogP contribution in [0.1, 0.15) is 31.1 Å². The third kappa shape index (κ3) is 3.08. The standard InChI is InChI=1S/C14H19N3O2S/c1-4-17-14(9-10-15-17)12(3)16-20(18,19)13-7-5-11(2)6-8-13/h5-10,12,16H,4H2,1-3H3/t12-/m0/s1. The van der Waals surface area contributed by atoms with Crippen molar-refractivity contribution < 1.29 is 8.42 Å². The molecule has 1 heterocycles. The van der Waals surface area contributed by atoms with Crippen molar-refractivity contribution >= 4 is 10.0 Å². The number of sulfonamides is 1. The summed E-state index contributed by atoms with van der Waals surface area (Å²) in [6.45, 7) is 6.41. The number of aromatic nitrogens is 2. The van der Waals surface area contributed by atoms with Crippen LogP contribution in [-0.4, -0.2) is 18.2 Å². The molecule has 0 spiro atoms. The van der Waals surface area contributed by atoms with Crippen LogP contribution in [0.4, 0.5) is 0 Å². The maximum Gasteiger partial charge on any atom is 0.241 e. The van der Waals surface area contributed by atoms with E-state index in [-0.39, 0.29) is 10.9 Å². The van der Waals surface area contributed by atoms with E-state index < -0.39 is 10.0 Å². The predicted octanol–water partition coefficient (Wildman–Crippen LogP) is 2.25. The highest BCUT2D eigenvalue weighted by Crippen LogP contribution is 2.17. The van der Waals surface area contributed by atoms with Crippen LogP contribution in [0.5, 0.6) is 0 Å². The first-order chi connectivity index (χ1) is 9.44. The molecule has 5 nitrogen and oxygen atoms in total. The molecule has 0 aliphatic carbocycles. The lowest BCUT2D eigenvalue weighted by Gasteiger charge is -2.15. The number of hydrogen-bond donors (Lipinski definition) is 1. The molecule has 1 aromatic carbocycles. The van der Waals surface area contributed by atoms with E-state index in [0.29, 0.717) is 6.54 Å². The molecule has 0 aliphatic rings. The first-order valence-electron chi connectivity index (χ1n) is 6.54. The maximum atomic E-state index is 12.3. The van der Waals surface area contributed by atoms with E-state index in [2.05, 4.69) is 9.82 Å². The van der Waals surface area contributed by atoms with Crippen molar-refractivity contribution in [2.75, 3.05) is 0 Å². The molecule has 0 radical (unpaired) electrons. The van der Waals surface area contributed by atoms with E-state index in [9.17, 15) is 8.42 Å². The Morgan fingerprint density at radius 2 is 1.90 bits per heavy atom. The fourth-order valence-corrected chi connectivity index (χ4v) is 3.27. The Morgan fingerprint density at radius 3 is 2.50 bits per heavy atom. The molecule has 0 fully saturated rings. The van der Waals surface area contributed by atoms with E-state index in [1.54, 1.807) is 35.1 Å². The van der Waals surface area contributed by atoms with Crippen LogP contribution >= 0.6 is 0 Å². The Labute approximate surface area is 119 Å². The minimum absolute atomic E-state index is 0.275. The van der Waals surface area contributed by atoms with Crippen molar-refractivity contribution in [2.45, 2.75) is 38.3 Å². The van der Waals surface area contributed by atoms with E-state index in [0.717, 1.165) is 11.3 Å². The Hall–Kier alpha value is -1.66. The summed E-state index contributed by atoms with van der Waals surface area (Å²) in [5, 5.41) is 4.15. The minimum Gasteiger partial charge on any atom is -0.268 e. The fraction of sp³-hybridized carbons (Fsp3) is 0.357. The molecule has 0 unspecified atom stereocenters. The summed E-state index contributed by atoms with van der Waals surface area (Å²) in [7, 11) is -3.52. The van der Waals surface area contributed by atoms with Crippen LogP contribution in [0.2, 0.25) is 0 Å². The van der Waals surface area contributed by atoms with Crippen LogP contribution < -0.4 is 4.72 Å². The van der Waals surface area contributed by atoms with Gasteiger partial charge in [-0.05, 0) is 39.0 Å². The van der Waals surface area contributed by atoms with Crippen LogP contribution in [0.25, 0.3) is 0 Å². The first kappa shape index (κ1) is 14.7. The highest BCUT2D eigenvalue weighted by atomic mass is 32.2. The third-order valence-electron chi connectivity index (χ3n) is 3.16. The lowest BCUT2D eigenvalue weighted by atomic mass is 10.2. The van der Waals surface area contributed by atoms with Gasteiger partial charge < -0.3 is 0 Å². The Morgan fingerprint density at radius 1 is 1.25 bits per heavy atom. The quantitative estimate of drug-likeness (QED) is 0.919. The van der Waals surface area contributed by atoms with Crippen molar-refractivity contribution in [1.82, 2.24) is 14.5 Å². The lowest BCUT2D eigenvalue weighted by molar-refractivity contribution is 0.539. The molecule has 1 atom stereocenters. The van der Waals surface area contributed by atoms with Gasteiger partial charge in [-0.1, -0.05) is 17.7 Å². The number of nitrogens with one attached hydrogen (secondary N) is 1. The summed E-state index contributed by atoms with van der Waals surface area (Å²) in [6.07, 6.45) is 1.68. The highest BCUT2D eigenvalue weighted by molar-refractivity contribution is 7.89. The molecule has 20 heavy (non-hydrogen) atoms. The molecular formula is C14H19N3O2S. The SMILES string of the molecule is CCn1nccc1[C@H](C)NS(=O)(=O)c1ccc(C)cc1. The van der Waals surface area contributed by atoms with Gasteiger partial charge in [-0.2, -0.15) is 5.10 Å². The van der Waals surface area contributed by atoms with E-state index in [1.807, 2.05) is 26.8 Å². The van der Waals surface area contributed by atoms with E-state index in [1.165, 1.54) is 0 Å². The first-order valence-corrected chi connectivity index (χ1v) is 8.03. The number of aryl methyl sites for hydroxylation is 2. The second-order valence-corrected chi connectivity index (χ2v) is 6.44. The third-order valence-corrected chi connectivity index (χ3v) is 4.71. The minimum atomic E-state index is -3.52. The number of rotatable bonds is 5. The van der Waals surface area contributed by atoms with Gasteiger partial charge >= 0.3 is 0 Å². The summed E-state index contributed by atoms with van der Waals surface area (Å²) in [5.41, 5.74) is 1.88. The van der Waals surface area contributed by atoms with Crippen molar-refractivity contribution in [2.24, 2.45) is 0 Å².